The number of hydrogen-bond acceptors (Lipinski definition) is 4. The second-order valence-corrected chi connectivity index (χ2v) is 5.15. The Kier molecular flexibility index (Phi) is 5.46. The molecule has 0 radical (unpaired) electrons. The molecule has 120 valence electrons. The van der Waals surface area contributed by atoms with Gasteiger partial charge in [-0.15, -0.1) is 0 Å². The van der Waals surface area contributed by atoms with Crippen LogP contribution in [0.15, 0.2) is 18.2 Å². The Labute approximate surface area is 127 Å². The van der Waals surface area contributed by atoms with Gasteiger partial charge in [-0.05, 0) is 38.0 Å². The molecule has 0 aliphatic carbocycles. The molecule has 0 aromatic heterocycles. The van der Waals surface area contributed by atoms with E-state index in [1.165, 1.54) is 6.07 Å². The Balaban J connectivity index is 1.95. The van der Waals surface area contributed by atoms with E-state index in [2.05, 4.69) is 5.32 Å². The monoisotopic (exact) mass is 310 g/mol. The van der Waals surface area contributed by atoms with Gasteiger partial charge < -0.3 is 20.5 Å². The SMILES string of the molecule is CC(OCC1CCCO1)C(=O)Nc1cc(F)ccc1C(N)=O. The first-order chi connectivity index (χ1) is 10.5. The second-order valence-electron chi connectivity index (χ2n) is 5.15. The maximum Gasteiger partial charge on any atom is 0.253 e. The lowest BCUT2D eigenvalue weighted by Crippen LogP contribution is -2.31. The van der Waals surface area contributed by atoms with Crippen LogP contribution >= 0.6 is 0 Å². The number of amides is 2. The average molecular weight is 310 g/mol. The van der Waals surface area contributed by atoms with Crippen LogP contribution in [-0.4, -0.2) is 37.2 Å². The van der Waals surface area contributed by atoms with E-state index in [-0.39, 0.29) is 17.4 Å². The second kappa shape index (κ2) is 7.33. The van der Waals surface area contributed by atoms with Crippen LogP contribution in [0.5, 0.6) is 0 Å². The summed E-state index contributed by atoms with van der Waals surface area (Å²) in [4.78, 5) is 23.3. The van der Waals surface area contributed by atoms with Gasteiger partial charge in [-0.3, -0.25) is 9.59 Å². The number of anilines is 1. The highest BCUT2D eigenvalue weighted by atomic mass is 19.1. The van der Waals surface area contributed by atoms with Gasteiger partial charge in [-0.2, -0.15) is 0 Å². The lowest BCUT2D eigenvalue weighted by molar-refractivity contribution is -0.128. The normalized spacial score (nSPS) is 18.9. The van der Waals surface area contributed by atoms with Crippen molar-refractivity contribution in [1.82, 2.24) is 0 Å². The molecular weight excluding hydrogens is 291 g/mol. The maximum absolute atomic E-state index is 13.3. The minimum absolute atomic E-state index is 0.00519. The number of benzene rings is 1. The number of nitrogens with one attached hydrogen (secondary N) is 1. The predicted molar refractivity (Wildman–Crippen MR) is 77.9 cm³/mol. The van der Waals surface area contributed by atoms with Crippen LogP contribution in [0.4, 0.5) is 10.1 Å². The van der Waals surface area contributed by atoms with E-state index < -0.39 is 23.7 Å². The Bertz CT molecular complexity index is 558. The molecule has 0 bridgehead atoms. The smallest absolute Gasteiger partial charge is 0.253 e. The standard InChI is InChI=1S/C15H19FN2O4/c1-9(22-8-11-3-2-6-21-11)15(20)18-13-7-10(16)4-5-12(13)14(17)19/h4-5,7,9,11H,2-3,6,8H2,1H3,(H2,17,19)(H,18,20). The third-order valence-corrected chi connectivity index (χ3v) is 3.43. The number of ether oxygens (including phenoxy) is 2. The van der Waals surface area contributed by atoms with Gasteiger partial charge in [-0.1, -0.05) is 0 Å². The van der Waals surface area contributed by atoms with E-state index in [0.29, 0.717) is 13.2 Å². The van der Waals surface area contributed by atoms with Crippen molar-refractivity contribution < 1.29 is 23.5 Å². The largest absolute Gasteiger partial charge is 0.376 e. The van der Waals surface area contributed by atoms with E-state index in [4.69, 9.17) is 15.2 Å². The van der Waals surface area contributed by atoms with E-state index >= 15 is 0 Å². The third kappa shape index (κ3) is 4.25. The molecule has 1 aliphatic heterocycles. The first-order valence-electron chi connectivity index (χ1n) is 7.11. The van der Waals surface area contributed by atoms with Crippen molar-refractivity contribution in [3.05, 3.63) is 29.6 Å². The van der Waals surface area contributed by atoms with Crippen LogP contribution in [0.25, 0.3) is 0 Å². The zero-order valence-corrected chi connectivity index (χ0v) is 12.3. The number of nitrogens with two attached hydrogens (primary N) is 1. The van der Waals surface area contributed by atoms with Crippen molar-refractivity contribution >= 4 is 17.5 Å². The summed E-state index contributed by atoms with van der Waals surface area (Å²) in [6.07, 6.45) is 1.14. The molecule has 1 aromatic rings. The maximum atomic E-state index is 13.3. The summed E-state index contributed by atoms with van der Waals surface area (Å²) in [7, 11) is 0. The Morgan fingerprint density at radius 2 is 2.32 bits per heavy atom. The Hall–Kier alpha value is -1.99. The summed E-state index contributed by atoms with van der Waals surface area (Å²) in [5.41, 5.74) is 5.27. The highest BCUT2D eigenvalue weighted by molar-refractivity contribution is 6.03. The van der Waals surface area contributed by atoms with Gasteiger partial charge in [0.1, 0.15) is 11.9 Å². The predicted octanol–water partition coefficient (Wildman–Crippen LogP) is 1.45. The highest BCUT2D eigenvalue weighted by Crippen LogP contribution is 2.18. The van der Waals surface area contributed by atoms with Crippen LogP contribution < -0.4 is 11.1 Å². The van der Waals surface area contributed by atoms with Gasteiger partial charge >= 0.3 is 0 Å². The summed E-state index contributed by atoms with van der Waals surface area (Å²) >= 11 is 0. The molecule has 3 N–H and O–H groups in total. The molecule has 2 amide bonds. The molecule has 1 aromatic carbocycles. The summed E-state index contributed by atoms with van der Waals surface area (Å²) in [5, 5.41) is 2.46. The fourth-order valence-electron chi connectivity index (χ4n) is 2.17. The van der Waals surface area contributed by atoms with Crippen LogP contribution in [-0.2, 0) is 14.3 Å². The molecule has 22 heavy (non-hydrogen) atoms. The zero-order valence-electron chi connectivity index (χ0n) is 12.3. The van der Waals surface area contributed by atoms with Crippen LogP contribution in [0, 0.1) is 5.82 Å². The van der Waals surface area contributed by atoms with Crippen molar-refractivity contribution in [2.75, 3.05) is 18.5 Å². The lowest BCUT2D eigenvalue weighted by Gasteiger charge is -2.17. The summed E-state index contributed by atoms with van der Waals surface area (Å²) < 4.78 is 24.1. The van der Waals surface area contributed by atoms with Gasteiger partial charge in [0.15, 0.2) is 0 Å². The molecule has 2 atom stereocenters. The van der Waals surface area contributed by atoms with Crippen molar-refractivity contribution in [2.45, 2.75) is 32.0 Å². The van der Waals surface area contributed by atoms with Gasteiger partial charge in [0.05, 0.1) is 24.0 Å². The summed E-state index contributed by atoms with van der Waals surface area (Å²) in [6, 6.07) is 3.38. The van der Waals surface area contributed by atoms with E-state index in [1.54, 1.807) is 6.92 Å². The molecule has 2 unspecified atom stereocenters. The van der Waals surface area contributed by atoms with Crippen molar-refractivity contribution in [3.8, 4) is 0 Å². The van der Waals surface area contributed by atoms with Crippen molar-refractivity contribution in [3.63, 3.8) is 0 Å². The van der Waals surface area contributed by atoms with Crippen molar-refractivity contribution in [1.29, 1.82) is 0 Å². The molecule has 6 nitrogen and oxygen atoms in total. The van der Waals surface area contributed by atoms with E-state index in [9.17, 15) is 14.0 Å². The summed E-state index contributed by atoms with van der Waals surface area (Å²) in [6.45, 7) is 2.60. The van der Waals surface area contributed by atoms with E-state index in [1.807, 2.05) is 0 Å². The average Bonchev–Trinajstić information content (AvgIpc) is 2.97. The Morgan fingerprint density at radius 3 is 2.95 bits per heavy atom. The fraction of sp³-hybridized carbons (Fsp3) is 0.467. The highest BCUT2D eigenvalue weighted by Gasteiger charge is 2.21. The topological polar surface area (TPSA) is 90.7 Å². The lowest BCUT2D eigenvalue weighted by atomic mass is 10.1. The molecule has 1 saturated heterocycles. The third-order valence-electron chi connectivity index (χ3n) is 3.43. The van der Waals surface area contributed by atoms with Gasteiger partial charge in [0.2, 0.25) is 0 Å². The van der Waals surface area contributed by atoms with Gasteiger partial charge in [-0.25, -0.2) is 4.39 Å². The Morgan fingerprint density at radius 1 is 1.55 bits per heavy atom. The number of carbonyl (C=O) groups is 2. The van der Waals surface area contributed by atoms with Gasteiger partial charge in [0, 0.05) is 6.61 Å². The molecule has 1 aliphatic rings. The first-order valence-corrected chi connectivity index (χ1v) is 7.11. The number of hydrogen-bond donors (Lipinski definition) is 2. The van der Waals surface area contributed by atoms with Crippen molar-refractivity contribution in [2.24, 2.45) is 5.73 Å². The van der Waals surface area contributed by atoms with Gasteiger partial charge in [0.25, 0.3) is 11.8 Å². The zero-order chi connectivity index (χ0) is 16.1. The van der Waals surface area contributed by atoms with Crippen LogP contribution in [0.2, 0.25) is 0 Å². The first kappa shape index (κ1) is 16.4. The molecule has 7 heteroatoms. The quantitative estimate of drug-likeness (QED) is 0.832. The van der Waals surface area contributed by atoms with Crippen LogP contribution in [0.1, 0.15) is 30.1 Å². The molecular formula is C15H19FN2O4. The number of rotatable bonds is 6. The summed E-state index contributed by atoms with van der Waals surface area (Å²) in [5.74, 6) is -1.80. The molecule has 2 rings (SSSR count). The minimum atomic E-state index is -0.756. The molecule has 0 saturated carbocycles. The van der Waals surface area contributed by atoms with Crippen LogP contribution in [0.3, 0.4) is 0 Å². The number of carbonyl (C=O) groups excluding carboxylic acids is 2. The molecule has 1 fully saturated rings. The molecule has 0 spiro atoms. The fourth-order valence-corrected chi connectivity index (χ4v) is 2.17. The minimum Gasteiger partial charge on any atom is -0.376 e. The number of primary amides is 1. The molecule has 1 heterocycles. The van der Waals surface area contributed by atoms with E-state index in [0.717, 1.165) is 25.0 Å². The number of halogens is 1.